The molecule has 0 aliphatic rings. The molecule has 0 atom stereocenters. The maximum absolute atomic E-state index is 11.6. The summed E-state index contributed by atoms with van der Waals surface area (Å²) in [5.74, 6) is 0.603. The van der Waals surface area contributed by atoms with Gasteiger partial charge in [0.05, 0.1) is 17.2 Å². The molecular weight excluding hydrogens is 244 g/mol. The number of aromatic nitrogens is 5. The topological polar surface area (TPSA) is 99.4 Å². The summed E-state index contributed by atoms with van der Waals surface area (Å²) in [5.41, 5.74) is 2.21. The number of carbonyl (C=O) groups excluding carboxylic acids is 1. The van der Waals surface area contributed by atoms with E-state index in [0.717, 1.165) is 16.9 Å². The first-order valence-electron chi connectivity index (χ1n) is 5.90. The fraction of sp³-hybridized carbons (Fsp3) is 0.167. The number of nitrogens with one attached hydrogen (secondary N) is 3. The Morgan fingerprint density at radius 1 is 1.32 bits per heavy atom. The molecule has 3 aromatic rings. The van der Waals surface area contributed by atoms with E-state index in [0.29, 0.717) is 13.0 Å². The monoisotopic (exact) mass is 256 g/mol. The number of fused-ring (bicyclic) bond motifs is 1. The second kappa shape index (κ2) is 4.89. The normalized spacial score (nSPS) is 10.7. The Hall–Kier alpha value is -2.70. The van der Waals surface area contributed by atoms with Crippen LogP contribution in [-0.4, -0.2) is 37.8 Å². The van der Waals surface area contributed by atoms with Crippen LogP contribution in [-0.2, 0) is 6.42 Å². The first-order chi connectivity index (χ1) is 9.33. The summed E-state index contributed by atoms with van der Waals surface area (Å²) in [7, 11) is 0. The number of H-pyrrole nitrogens is 2. The standard InChI is InChI=1S/C12H12N6O/c19-12(10-7-14-18-17-10)13-6-5-11-15-8-3-1-2-4-9(8)16-11/h1-4,7H,5-6H2,(H,13,19)(H,15,16)(H,14,17,18). The SMILES string of the molecule is O=C(NCCc1nc2ccccc2[nH]1)c1cn[nH]n1. The van der Waals surface area contributed by atoms with Gasteiger partial charge in [-0.2, -0.15) is 15.4 Å². The fourth-order valence-electron chi connectivity index (χ4n) is 1.82. The summed E-state index contributed by atoms with van der Waals surface area (Å²) >= 11 is 0. The van der Waals surface area contributed by atoms with Gasteiger partial charge in [-0.05, 0) is 12.1 Å². The van der Waals surface area contributed by atoms with Crippen LogP contribution in [0.5, 0.6) is 0 Å². The highest BCUT2D eigenvalue weighted by molar-refractivity contribution is 5.91. The van der Waals surface area contributed by atoms with Crippen molar-refractivity contribution in [3.63, 3.8) is 0 Å². The summed E-state index contributed by atoms with van der Waals surface area (Å²) in [6, 6.07) is 7.82. The number of benzene rings is 1. The van der Waals surface area contributed by atoms with Gasteiger partial charge in [0.15, 0.2) is 5.69 Å². The van der Waals surface area contributed by atoms with Crippen LogP contribution in [0, 0.1) is 0 Å². The van der Waals surface area contributed by atoms with Crippen molar-refractivity contribution in [1.29, 1.82) is 0 Å². The molecule has 2 heterocycles. The lowest BCUT2D eigenvalue weighted by atomic mass is 10.3. The maximum atomic E-state index is 11.6. The molecule has 0 bridgehead atoms. The molecule has 0 unspecified atom stereocenters. The van der Waals surface area contributed by atoms with Crippen molar-refractivity contribution in [2.45, 2.75) is 6.42 Å². The van der Waals surface area contributed by atoms with E-state index in [4.69, 9.17) is 0 Å². The van der Waals surface area contributed by atoms with Gasteiger partial charge < -0.3 is 10.3 Å². The van der Waals surface area contributed by atoms with Gasteiger partial charge in [-0.15, -0.1) is 0 Å². The van der Waals surface area contributed by atoms with Gasteiger partial charge in [-0.1, -0.05) is 12.1 Å². The van der Waals surface area contributed by atoms with Gasteiger partial charge in [-0.3, -0.25) is 4.79 Å². The number of imidazole rings is 1. The smallest absolute Gasteiger partial charge is 0.273 e. The number of para-hydroxylation sites is 2. The summed E-state index contributed by atoms with van der Waals surface area (Å²) < 4.78 is 0. The van der Waals surface area contributed by atoms with Crippen molar-refractivity contribution in [3.05, 3.63) is 42.0 Å². The lowest BCUT2D eigenvalue weighted by Gasteiger charge is -2.00. The second-order valence-corrected chi connectivity index (χ2v) is 4.06. The minimum atomic E-state index is -0.245. The molecule has 96 valence electrons. The summed E-state index contributed by atoms with van der Waals surface area (Å²) in [5, 5.41) is 12.4. The van der Waals surface area contributed by atoms with E-state index < -0.39 is 0 Å². The molecule has 1 aromatic carbocycles. The zero-order valence-corrected chi connectivity index (χ0v) is 10.1. The first-order valence-corrected chi connectivity index (χ1v) is 5.90. The molecule has 0 spiro atoms. The third-order valence-corrected chi connectivity index (χ3v) is 2.73. The fourth-order valence-corrected chi connectivity index (χ4v) is 1.82. The van der Waals surface area contributed by atoms with Crippen LogP contribution < -0.4 is 5.32 Å². The second-order valence-electron chi connectivity index (χ2n) is 4.06. The summed E-state index contributed by atoms with van der Waals surface area (Å²) in [6.07, 6.45) is 2.02. The molecule has 0 aliphatic heterocycles. The van der Waals surface area contributed by atoms with E-state index in [-0.39, 0.29) is 11.6 Å². The molecule has 3 rings (SSSR count). The van der Waals surface area contributed by atoms with E-state index in [9.17, 15) is 4.79 Å². The lowest BCUT2D eigenvalue weighted by Crippen LogP contribution is -2.26. The number of carbonyl (C=O) groups is 1. The molecule has 0 aliphatic carbocycles. The minimum Gasteiger partial charge on any atom is -0.350 e. The molecule has 7 nitrogen and oxygen atoms in total. The van der Waals surface area contributed by atoms with Gasteiger partial charge in [-0.25, -0.2) is 4.98 Å². The van der Waals surface area contributed by atoms with Crippen molar-refractivity contribution >= 4 is 16.9 Å². The molecule has 1 amide bonds. The van der Waals surface area contributed by atoms with Crippen molar-refractivity contribution in [2.75, 3.05) is 6.54 Å². The predicted octanol–water partition coefficient (Wildman–Crippen LogP) is 0.653. The van der Waals surface area contributed by atoms with E-state index in [1.165, 1.54) is 6.20 Å². The zero-order chi connectivity index (χ0) is 13.1. The Kier molecular flexibility index (Phi) is 2.93. The third kappa shape index (κ3) is 2.44. The van der Waals surface area contributed by atoms with Gasteiger partial charge in [0.25, 0.3) is 5.91 Å². The molecular formula is C12H12N6O. The van der Waals surface area contributed by atoms with Crippen molar-refractivity contribution in [1.82, 2.24) is 30.7 Å². The van der Waals surface area contributed by atoms with Crippen LogP contribution in [0.15, 0.2) is 30.5 Å². The number of hydrogen-bond acceptors (Lipinski definition) is 4. The Labute approximate surface area is 108 Å². The highest BCUT2D eigenvalue weighted by atomic mass is 16.1. The van der Waals surface area contributed by atoms with Crippen molar-refractivity contribution in [3.8, 4) is 0 Å². The number of aromatic amines is 2. The molecule has 19 heavy (non-hydrogen) atoms. The number of amides is 1. The first kappa shape index (κ1) is 11.4. The van der Waals surface area contributed by atoms with Gasteiger partial charge in [0, 0.05) is 13.0 Å². The van der Waals surface area contributed by atoms with Crippen molar-refractivity contribution < 1.29 is 4.79 Å². The predicted molar refractivity (Wildman–Crippen MR) is 68.5 cm³/mol. The van der Waals surface area contributed by atoms with Crippen LogP contribution >= 0.6 is 0 Å². The molecule has 3 N–H and O–H groups in total. The average Bonchev–Trinajstić information content (AvgIpc) is 3.07. The van der Waals surface area contributed by atoms with Crippen LogP contribution in [0.25, 0.3) is 11.0 Å². The van der Waals surface area contributed by atoms with E-state index in [1.807, 2.05) is 24.3 Å². The number of rotatable bonds is 4. The lowest BCUT2D eigenvalue weighted by molar-refractivity contribution is 0.0949. The van der Waals surface area contributed by atoms with E-state index >= 15 is 0 Å². The minimum absolute atomic E-state index is 0.245. The Bertz CT molecular complexity index is 654. The molecule has 2 aromatic heterocycles. The number of nitrogens with zero attached hydrogens (tertiary/aromatic N) is 3. The van der Waals surface area contributed by atoms with E-state index in [1.54, 1.807) is 0 Å². The zero-order valence-electron chi connectivity index (χ0n) is 10.1. The molecule has 0 saturated carbocycles. The van der Waals surface area contributed by atoms with Crippen molar-refractivity contribution in [2.24, 2.45) is 0 Å². The maximum Gasteiger partial charge on any atom is 0.273 e. The Morgan fingerprint density at radius 3 is 3.00 bits per heavy atom. The Morgan fingerprint density at radius 2 is 2.21 bits per heavy atom. The van der Waals surface area contributed by atoms with Crippen LogP contribution in [0.4, 0.5) is 0 Å². The largest absolute Gasteiger partial charge is 0.350 e. The van der Waals surface area contributed by atoms with Crippen LogP contribution in [0.1, 0.15) is 16.3 Å². The molecule has 0 radical (unpaired) electrons. The summed E-state index contributed by atoms with van der Waals surface area (Å²) in [4.78, 5) is 19.2. The third-order valence-electron chi connectivity index (χ3n) is 2.73. The number of hydrogen-bond donors (Lipinski definition) is 3. The van der Waals surface area contributed by atoms with Gasteiger partial charge in [0.1, 0.15) is 5.82 Å². The summed E-state index contributed by atoms with van der Waals surface area (Å²) in [6.45, 7) is 0.492. The quantitative estimate of drug-likeness (QED) is 0.638. The highest BCUT2D eigenvalue weighted by Gasteiger charge is 2.08. The highest BCUT2D eigenvalue weighted by Crippen LogP contribution is 2.10. The van der Waals surface area contributed by atoms with Crippen LogP contribution in [0.3, 0.4) is 0 Å². The molecule has 7 heteroatoms. The van der Waals surface area contributed by atoms with Crippen LogP contribution in [0.2, 0.25) is 0 Å². The molecule has 0 saturated heterocycles. The van der Waals surface area contributed by atoms with Gasteiger partial charge in [0.2, 0.25) is 0 Å². The molecule has 0 fully saturated rings. The Balaban J connectivity index is 1.59. The van der Waals surface area contributed by atoms with Gasteiger partial charge >= 0.3 is 0 Å². The van der Waals surface area contributed by atoms with E-state index in [2.05, 4.69) is 30.7 Å². The average molecular weight is 256 g/mol.